The highest BCUT2D eigenvalue weighted by molar-refractivity contribution is 5.96. The summed E-state index contributed by atoms with van der Waals surface area (Å²) in [6, 6.07) is 0. The van der Waals surface area contributed by atoms with E-state index in [-0.39, 0.29) is 5.91 Å². The molecule has 19 heavy (non-hydrogen) atoms. The summed E-state index contributed by atoms with van der Waals surface area (Å²) in [5.74, 6) is 2.32. The first-order valence-corrected chi connectivity index (χ1v) is 7.39. The van der Waals surface area contributed by atoms with Gasteiger partial charge in [0.05, 0.1) is 5.69 Å². The second-order valence-electron chi connectivity index (χ2n) is 6.04. The van der Waals surface area contributed by atoms with Crippen LogP contribution in [0.1, 0.15) is 53.9 Å². The van der Waals surface area contributed by atoms with Crippen molar-refractivity contribution in [3.05, 3.63) is 17.0 Å². The van der Waals surface area contributed by atoms with Crippen LogP contribution in [0.2, 0.25) is 0 Å². The van der Waals surface area contributed by atoms with Crippen molar-refractivity contribution in [2.45, 2.75) is 46.0 Å². The molecule has 1 aliphatic heterocycles. The Morgan fingerprint density at radius 3 is 2.63 bits per heavy atom. The van der Waals surface area contributed by atoms with Crippen LogP contribution in [-0.2, 0) is 0 Å². The number of likely N-dealkylation sites (tertiary alicyclic amines) is 1. The summed E-state index contributed by atoms with van der Waals surface area (Å²) in [5.41, 5.74) is 1.39. The smallest absolute Gasteiger partial charge is 0.259 e. The van der Waals surface area contributed by atoms with Crippen LogP contribution in [0.25, 0.3) is 0 Å². The van der Waals surface area contributed by atoms with E-state index in [0.717, 1.165) is 19.0 Å². The lowest BCUT2D eigenvalue weighted by molar-refractivity contribution is 0.0519. The van der Waals surface area contributed by atoms with E-state index in [1.165, 1.54) is 32.1 Å². The molecule has 2 atom stereocenters. The third-order valence-electron chi connectivity index (χ3n) is 4.83. The Balaban J connectivity index is 1.74. The van der Waals surface area contributed by atoms with Gasteiger partial charge in [-0.05, 0) is 38.5 Å². The van der Waals surface area contributed by atoms with Crippen LogP contribution in [-0.4, -0.2) is 29.1 Å². The van der Waals surface area contributed by atoms with Gasteiger partial charge in [0.1, 0.15) is 11.3 Å². The quantitative estimate of drug-likeness (QED) is 0.781. The molecule has 1 aromatic heterocycles. The second-order valence-corrected chi connectivity index (χ2v) is 6.04. The molecule has 104 valence electrons. The summed E-state index contributed by atoms with van der Waals surface area (Å²) >= 11 is 0. The number of fused-ring (bicyclic) bond motifs is 1. The maximum Gasteiger partial charge on any atom is 0.259 e. The van der Waals surface area contributed by atoms with Crippen molar-refractivity contribution in [3.8, 4) is 0 Å². The summed E-state index contributed by atoms with van der Waals surface area (Å²) in [7, 11) is 0. The van der Waals surface area contributed by atoms with Crippen molar-refractivity contribution in [1.29, 1.82) is 0 Å². The van der Waals surface area contributed by atoms with Gasteiger partial charge in [-0.15, -0.1) is 0 Å². The predicted molar refractivity (Wildman–Crippen MR) is 71.9 cm³/mol. The molecule has 0 N–H and O–H groups in total. The van der Waals surface area contributed by atoms with Gasteiger partial charge in [0.2, 0.25) is 0 Å². The van der Waals surface area contributed by atoms with Gasteiger partial charge < -0.3 is 9.42 Å². The van der Waals surface area contributed by atoms with Gasteiger partial charge in [-0.1, -0.05) is 24.4 Å². The van der Waals surface area contributed by atoms with Crippen molar-refractivity contribution in [2.24, 2.45) is 11.8 Å². The first-order chi connectivity index (χ1) is 9.16. The summed E-state index contributed by atoms with van der Waals surface area (Å²) in [4.78, 5) is 14.6. The minimum atomic E-state index is 0.111. The number of rotatable bonds is 1. The van der Waals surface area contributed by atoms with E-state index >= 15 is 0 Å². The lowest BCUT2D eigenvalue weighted by Gasteiger charge is -2.41. The minimum Gasteiger partial charge on any atom is -0.361 e. The lowest BCUT2D eigenvalue weighted by Crippen LogP contribution is -2.45. The van der Waals surface area contributed by atoms with Crippen LogP contribution in [0.4, 0.5) is 0 Å². The molecule has 4 heteroatoms. The normalized spacial score (nSPS) is 27.2. The number of nitrogens with zero attached hydrogens (tertiary/aromatic N) is 2. The average molecular weight is 262 g/mol. The van der Waals surface area contributed by atoms with Gasteiger partial charge in [-0.3, -0.25) is 4.79 Å². The molecular formula is C15H22N2O2. The van der Waals surface area contributed by atoms with Crippen LogP contribution < -0.4 is 0 Å². The van der Waals surface area contributed by atoms with E-state index in [4.69, 9.17) is 4.52 Å². The van der Waals surface area contributed by atoms with Gasteiger partial charge >= 0.3 is 0 Å². The molecule has 2 fully saturated rings. The van der Waals surface area contributed by atoms with E-state index < -0.39 is 0 Å². The standard InChI is InChI=1S/C15H22N2O2/c1-10-14(11(2)19-16-10)15(18)17-8-7-12-5-3-4-6-13(12)9-17/h12-13H,3-9H2,1-2H3/t12-,13+/m1/s1. The molecule has 2 heterocycles. The van der Waals surface area contributed by atoms with E-state index in [9.17, 15) is 4.79 Å². The van der Waals surface area contributed by atoms with E-state index in [0.29, 0.717) is 22.9 Å². The number of carbonyl (C=O) groups excluding carboxylic acids is 1. The monoisotopic (exact) mass is 262 g/mol. The zero-order valence-corrected chi connectivity index (χ0v) is 11.8. The number of piperidine rings is 1. The van der Waals surface area contributed by atoms with E-state index in [2.05, 4.69) is 5.16 Å². The molecule has 1 saturated carbocycles. The molecule has 0 radical (unpaired) electrons. The Morgan fingerprint density at radius 2 is 1.95 bits per heavy atom. The number of amides is 1. The van der Waals surface area contributed by atoms with Gasteiger partial charge in [0.25, 0.3) is 5.91 Å². The van der Waals surface area contributed by atoms with Crippen LogP contribution in [0.5, 0.6) is 0 Å². The molecular weight excluding hydrogens is 240 g/mol. The summed E-state index contributed by atoms with van der Waals surface area (Å²) < 4.78 is 5.12. The largest absolute Gasteiger partial charge is 0.361 e. The number of aromatic nitrogens is 1. The van der Waals surface area contributed by atoms with E-state index in [1.807, 2.05) is 18.7 Å². The average Bonchev–Trinajstić information content (AvgIpc) is 2.77. The zero-order valence-electron chi connectivity index (χ0n) is 11.8. The molecule has 3 rings (SSSR count). The number of carbonyl (C=O) groups is 1. The Kier molecular flexibility index (Phi) is 3.33. The fourth-order valence-electron chi connectivity index (χ4n) is 3.73. The van der Waals surface area contributed by atoms with Crippen LogP contribution in [0.15, 0.2) is 4.52 Å². The van der Waals surface area contributed by atoms with Gasteiger partial charge in [-0.25, -0.2) is 0 Å². The summed E-state index contributed by atoms with van der Waals surface area (Å²) in [6.07, 6.45) is 6.52. The Morgan fingerprint density at radius 1 is 1.21 bits per heavy atom. The number of aryl methyl sites for hydroxylation is 2. The highest BCUT2D eigenvalue weighted by atomic mass is 16.5. The van der Waals surface area contributed by atoms with Gasteiger partial charge in [0.15, 0.2) is 0 Å². The van der Waals surface area contributed by atoms with Crippen molar-refractivity contribution >= 4 is 5.91 Å². The van der Waals surface area contributed by atoms with Crippen LogP contribution in [0.3, 0.4) is 0 Å². The maximum absolute atomic E-state index is 12.6. The molecule has 0 bridgehead atoms. The fraction of sp³-hybridized carbons (Fsp3) is 0.733. The Bertz CT molecular complexity index is 461. The zero-order chi connectivity index (χ0) is 13.4. The highest BCUT2D eigenvalue weighted by Crippen LogP contribution is 2.36. The lowest BCUT2D eigenvalue weighted by atomic mass is 9.75. The molecule has 0 aromatic carbocycles. The SMILES string of the molecule is Cc1noc(C)c1C(=O)N1CC[C@H]2CCCC[C@H]2C1. The van der Waals surface area contributed by atoms with Crippen molar-refractivity contribution in [3.63, 3.8) is 0 Å². The minimum absolute atomic E-state index is 0.111. The molecule has 1 amide bonds. The predicted octanol–water partition coefficient (Wildman–Crippen LogP) is 2.94. The summed E-state index contributed by atoms with van der Waals surface area (Å²) in [5, 5.41) is 3.89. The topological polar surface area (TPSA) is 46.3 Å². The van der Waals surface area contributed by atoms with Crippen molar-refractivity contribution < 1.29 is 9.32 Å². The molecule has 1 aromatic rings. The van der Waals surface area contributed by atoms with Crippen LogP contribution >= 0.6 is 0 Å². The first kappa shape index (κ1) is 12.7. The van der Waals surface area contributed by atoms with Gasteiger partial charge in [0, 0.05) is 13.1 Å². The second kappa shape index (κ2) is 4.99. The third kappa shape index (κ3) is 2.28. The maximum atomic E-state index is 12.6. The Hall–Kier alpha value is -1.32. The van der Waals surface area contributed by atoms with Gasteiger partial charge in [-0.2, -0.15) is 0 Å². The van der Waals surface area contributed by atoms with Crippen LogP contribution in [0, 0.1) is 25.7 Å². The number of hydrogen-bond acceptors (Lipinski definition) is 3. The molecule has 1 saturated heterocycles. The third-order valence-corrected chi connectivity index (χ3v) is 4.83. The molecule has 1 aliphatic carbocycles. The highest BCUT2D eigenvalue weighted by Gasteiger charge is 2.34. The molecule has 4 nitrogen and oxygen atoms in total. The molecule has 0 spiro atoms. The fourth-order valence-corrected chi connectivity index (χ4v) is 3.73. The van der Waals surface area contributed by atoms with Crippen molar-refractivity contribution in [1.82, 2.24) is 10.1 Å². The first-order valence-electron chi connectivity index (χ1n) is 7.39. The van der Waals surface area contributed by atoms with Crippen molar-refractivity contribution in [2.75, 3.05) is 13.1 Å². The molecule has 2 aliphatic rings. The Labute approximate surface area is 114 Å². The molecule has 0 unspecified atom stereocenters. The number of hydrogen-bond donors (Lipinski definition) is 0. The summed E-state index contributed by atoms with van der Waals surface area (Å²) in [6.45, 7) is 5.48. The van der Waals surface area contributed by atoms with E-state index in [1.54, 1.807) is 0 Å².